The van der Waals surface area contributed by atoms with Crippen LogP contribution in [-0.4, -0.2) is 21.9 Å². The van der Waals surface area contributed by atoms with E-state index in [9.17, 15) is 14.4 Å². The van der Waals surface area contributed by atoms with Gasteiger partial charge >= 0.3 is 5.69 Å². The van der Waals surface area contributed by atoms with Gasteiger partial charge in [0.25, 0.3) is 11.5 Å². The van der Waals surface area contributed by atoms with Crippen molar-refractivity contribution in [3.8, 4) is 0 Å². The number of nitrogens with one attached hydrogen (secondary N) is 3. The predicted molar refractivity (Wildman–Crippen MR) is 94.3 cm³/mol. The molecule has 0 aliphatic heterocycles. The molecule has 0 radical (unpaired) electrons. The fraction of sp³-hybridized carbons (Fsp3) is 0.353. The number of hydrogen-bond acceptors (Lipinski definition) is 3. The quantitative estimate of drug-likeness (QED) is 0.748. The van der Waals surface area contributed by atoms with Gasteiger partial charge in [0.2, 0.25) is 0 Å². The van der Waals surface area contributed by atoms with E-state index in [1.807, 2.05) is 18.2 Å². The second-order valence-electron chi connectivity index (χ2n) is 6.03. The van der Waals surface area contributed by atoms with Gasteiger partial charge < -0.3 is 10.3 Å². The lowest BCUT2D eigenvalue weighted by Crippen LogP contribution is -2.39. The highest BCUT2D eigenvalue weighted by Crippen LogP contribution is 2.32. The SMILES string of the molecule is O=C(N[C@H]1CC[C@@H](c2ccccc2)CC1)c1[nH]c(=O)[nH]c(=O)c1Br. The van der Waals surface area contributed by atoms with Crippen LogP contribution in [0.5, 0.6) is 0 Å². The maximum absolute atomic E-state index is 12.3. The first-order chi connectivity index (χ1) is 11.5. The Morgan fingerprint density at radius 2 is 1.71 bits per heavy atom. The summed E-state index contributed by atoms with van der Waals surface area (Å²) in [5.41, 5.74) is -0.00398. The van der Waals surface area contributed by atoms with Crippen molar-refractivity contribution in [2.24, 2.45) is 0 Å². The summed E-state index contributed by atoms with van der Waals surface area (Å²) in [7, 11) is 0. The van der Waals surface area contributed by atoms with Crippen LogP contribution in [0.1, 0.15) is 47.7 Å². The Morgan fingerprint density at radius 1 is 1.04 bits per heavy atom. The molecule has 0 bridgehead atoms. The van der Waals surface area contributed by atoms with Crippen LogP contribution in [0.15, 0.2) is 44.4 Å². The minimum atomic E-state index is -0.693. The molecule has 24 heavy (non-hydrogen) atoms. The Hall–Kier alpha value is -2.15. The molecule has 0 atom stereocenters. The molecule has 2 aromatic rings. The average molecular weight is 392 g/mol. The summed E-state index contributed by atoms with van der Waals surface area (Å²) in [5.74, 6) is 0.0821. The minimum absolute atomic E-state index is 0.0334. The molecule has 3 N–H and O–H groups in total. The van der Waals surface area contributed by atoms with Crippen LogP contribution < -0.4 is 16.6 Å². The van der Waals surface area contributed by atoms with E-state index in [0.29, 0.717) is 5.92 Å². The van der Waals surface area contributed by atoms with Crippen LogP contribution >= 0.6 is 15.9 Å². The van der Waals surface area contributed by atoms with E-state index in [2.05, 4.69) is 43.3 Å². The van der Waals surface area contributed by atoms with Gasteiger partial charge in [0.1, 0.15) is 10.2 Å². The second-order valence-corrected chi connectivity index (χ2v) is 6.82. The van der Waals surface area contributed by atoms with Crippen molar-refractivity contribution in [1.82, 2.24) is 15.3 Å². The summed E-state index contributed by atoms with van der Waals surface area (Å²) < 4.78 is 0.0394. The molecule has 126 valence electrons. The molecule has 0 saturated heterocycles. The van der Waals surface area contributed by atoms with Gasteiger partial charge in [-0.25, -0.2) is 4.79 Å². The Balaban J connectivity index is 1.63. The molecule has 1 aromatic heterocycles. The molecule has 1 aromatic carbocycles. The molecule has 0 spiro atoms. The monoisotopic (exact) mass is 391 g/mol. The number of carbonyl (C=O) groups is 1. The second kappa shape index (κ2) is 7.17. The van der Waals surface area contributed by atoms with Crippen molar-refractivity contribution < 1.29 is 4.79 Å². The molecule has 6 nitrogen and oxygen atoms in total. The molecule has 3 rings (SSSR count). The first-order valence-corrected chi connectivity index (χ1v) is 8.72. The summed E-state index contributed by atoms with van der Waals surface area (Å²) in [6.45, 7) is 0. The highest BCUT2D eigenvalue weighted by molar-refractivity contribution is 9.10. The highest BCUT2D eigenvalue weighted by atomic mass is 79.9. The number of hydrogen-bond donors (Lipinski definition) is 3. The molecular formula is C17H18BrN3O3. The summed E-state index contributed by atoms with van der Waals surface area (Å²) in [5, 5.41) is 2.91. The average Bonchev–Trinajstić information content (AvgIpc) is 2.59. The van der Waals surface area contributed by atoms with Crippen LogP contribution in [0.25, 0.3) is 0 Å². The van der Waals surface area contributed by atoms with Crippen LogP contribution in [0.2, 0.25) is 0 Å². The lowest BCUT2D eigenvalue weighted by Gasteiger charge is -2.29. The first-order valence-electron chi connectivity index (χ1n) is 7.92. The molecule has 1 aliphatic carbocycles. The van der Waals surface area contributed by atoms with Crippen LogP contribution in [0, 0.1) is 0 Å². The zero-order valence-corrected chi connectivity index (χ0v) is 14.6. The number of aromatic amines is 2. The number of amides is 1. The molecular weight excluding hydrogens is 374 g/mol. The molecule has 1 amide bonds. The Morgan fingerprint density at radius 3 is 2.38 bits per heavy atom. The van der Waals surface area contributed by atoms with Gasteiger partial charge in [-0.3, -0.25) is 14.6 Å². The van der Waals surface area contributed by atoms with Gasteiger partial charge in [-0.05, 0) is 53.1 Å². The number of benzene rings is 1. The van der Waals surface area contributed by atoms with Crippen molar-refractivity contribution in [3.05, 3.63) is 66.9 Å². The standard InChI is InChI=1S/C17H18BrN3O3/c18-13-14(20-17(24)21-15(13)22)16(23)19-12-8-6-11(7-9-12)10-4-2-1-3-5-10/h1-5,11-12H,6-9H2,(H,19,23)(H2,20,21,22,24)/t11-,12+. The Labute approximate surface area is 146 Å². The van der Waals surface area contributed by atoms with Crippen LogP contribution in [0.3, 0.4) is 0 Å². The molecule has 1 heterocycles. The van der Waals surface area contributed by atoms with Crippen LogP contribution in [-0.2, 0) is 0 Å². The third-order valence-corrected chi connectivity index (χ3v) is 5.20. The third kappa shape index (κ3) is 3.67. The Bertz CT molecular complexity index is 836. The van der Waals surface area contributed by atoms with E-state index in [1.54, 1.807) is 0 Å². The summed E-state index contributed by atoms with van der Waals surface area (Å²) in [6, 6.07) is 10.4. The van der Waals surface area contributed by atoms with E-state index in [-0.39, 0.29) is 16.2 Å². The van der Waals surface area contributed by atoms with Gasteiger partial charge in [-0.15, -0.1) is 0 Å². The fourth-order valence-electron chi connectivity index (χ4n) is 3.18. The van der Waals surface area contributed by atoms with Gasteiger partial charge in [0.05, 0.1) is 0 Å². The van der Waals surface area contributed by atoms with Gasteiger partial charge in [-0.1, -0.05) is 30.3 Å². The maximum atomic E-state index is 12.3. The van der Waals surface area contributed by atoms with E-state index in [1.165, 1.54) is 5.56 Å². The van der Waals surface area contributed by atoms with Crippen LogP contribution in [0.4, 0.5) is 0 Å². The number of halogens is 1. The molecule has 1 saturated carbocycles. The Kier molecular flexibility index (Phi) is 4.99. The summed E-state index contributed by atoms with van der Waals surface area (Å²) in [4.78, 5) is 39.7. The van der Waals surface area contributed by atoms with Gasteiger partial charge in [-0.2, -0.15) is 0 Å². The van der Waals surface area contributed by atoms with Crippen molar-refractivity contribution in [1.29, 1.82) is 0 Å². The lowest BCUT2D eigenvalue weighted by molar-refractivity contribution is 0.0919. The third-order valence-electron chi connectivity index (χ3n) is 4.44. The zero-order valence-electron chi connectivity index (χ0n) is 13.0. The van der Waals surface area contributed by atoms with Gasteiger partial charge in [0.15, 0.2) is 0 Å². The molecule has 1 aliphatic rings. The van der Waals surface area contributed by atoms with E-state index < -0.39 is 17.2 Å². The minimum Gasteiger partial charge on any atom is -0.348 e. The molecule has 1 fully saturated rings. The highest BCUT2D eigenvalue weighted by Gasteiger charge is 2.25. The van der Waals surface area contributed by atoms with Crippen molar-refractivity contribution >= 4 is 21.8 Å². The molecule has 0 unspecified atom stereocenters. The summed E-state index contributed by atoms with van der Waals surface area (Å²) in [6.07, 6.45) is 3.75. The largest absolute Gasteiger partial charge is 0.348 e. The fourth-order valence-corrected chi connectivity index (χ4v) is 3.56. The predicted octanol–water partition coefficient (Wildman–Crippen LogP) is 2.28. The van der Waals surface area contributed by atoms with E-state index >= 15 is 0 Å². The number of carbonyl (C=O) groups excluding carboxylic acids is 1. The first kappa shape index (κ1) is 16.7. The van der Waals surface area contributed by atoms with E-state index in [4.69, 9.17) is 0 Å². The smallest absolute Gasteiger partial charge is 0.326 e. The topological polar surface area (TPSA) is 94.8 Å². The number of aromatic nitrogens is 2. The maximum Gasteiger partial charge on any atom is 0.326 e. The van der Waals surface area contributed by atoms with Gasteiger partial charge in [0, 0.05) is 6.04 Å². The van der Waals surface area contributed by atoms with E-state index in [0.717, 1.165) is 25.7 Å². The van der Waals surface area contributed by atoms with Crippen molar-refractivity contribution in [2.45, 2.75) is 37.6 Å². The zero-order chi connectivity index (χ0) is 17.1. The summed E-state index contributed by atoms with van der Waals surface area (Å²) >= 11 is 3.05. The number of rotatable bonds is 3. The lowest BCUT2D eigenvalue weighted by atomic mass is 9.82. The molecule has 7 heteroatoms. The van der Waals surface area contributed by atoms with Crippen molar-refractivity contribution in [3.63, 3.8) is 0 Å². The van der Waals surface area contributed by atoms with Crippen molar-refractivity contribution in [2.75, 3.05) is 0 Å². The normalized spacial score (nSPS) is 20.5. The number of H-pyrrole nitrogens is 2.